The van der Waals surface area contributed by atoms with Crippen LogP contribution in [0.25, 0.3) is 11.1 Å². The Balaban J connectivity index is 1.41. The third-order valence-corrected chi connectivity index (χ3v) is 5.61. The van der Waals surface area contributed by atoms with E-state index in [2.05, 4.69) is 10.6 Å². The number of ether oxygens (including phenoxy) is 2. The molecule has 0 bridgehead atoms. The van der Waals surface area contributed by atoms with Gasteiger partial charge in [0.05, 0.1) is 25.4 Å². The van der Waals surface area contributed by atoms with Gasteiger partial charge < -0.3 is 20.1 Å². The van der Waals surface area contributed by atoms with Crippen LogP contribution in [0.4, 0.5) is 11.4 Å². The van der Waals surface area contributed by atoms with Crippen LogP contribution in [0.2, 0.25) is 0 Å². The number of amides is 2. The maximum absolute atomic E-state index is 12.8. The molecule has 0 radical (unpaired) electrons. The van der Waals surface area contributed by atoms with Gasteiger partial charge >= 0.3 is 0 Å². The molecule has 3 aromatic rings. The number of hydrogen-bond donors (Lipinski definition) is 2. The second-order valence-electron chi connectivity index (χ2n) is 7.91. The first-order valence-corrected chi connectivity index (χ1v) is 10.8. The molecule has 0 atom stereocenters. The van der Waals surface area contributed by atoms with Crippen LogP contribution in [0.1, 0.15) is 10.4 Å². The molecule has 170 valence electrons. The molecule has 0 unspecified atom stereocenters. The summed E-state index contributed by atoms with van der Waals surface area (Å²) in [6, 6.07) is 22.7. The first kappa shape index (κ1) is 22.5. The number of benzene rings is 3. The molecule has 2 N–H and O–H groups in total. The summed E-state index contributed by atoms with van der Waals surface area (Å²) in [5, 5.41) is 5.75. The Morgan fingerprint density at radius 3 is 2.27 bits per heavy atom. The zero-order valence-electron chi connectivity index (χ0n) is 18.7. The van der Waals surface area contributed by atoms with Gasteiger partial charge in [0.2, 0.25) is 5.91 Å². The van der Waals surface area contributed by atoms with E-state index >= 15 is 0 Å². The van der Waals surface area contributed by atoms with Crippen LogP contribution in [0.3, 0.4) is 0 Å². The van der Waals surface area contributed by atoms with Crippen LogP contribution < -0.4 is 15.4 Å². The van der Waals surface area contributed by atoms with Gasteiger partial charge in [0.15, 0.2) is 0 Å². The van der Waals surface area contributed by atoms with Crippen LogP contribution in [-0.4, -0.2) is 56.7 Å². The molecule has 1 aliphatic rings. The minimum atomic E-state index is -0.272. The topological polar surface area (TPSA) is 79.9 Å². The lowest BCUT2D eigenvalue weighted by Gasteiger charge is -2.37. The fourth-order valence-electron chi connectivity index (χ4n) is 3.72. The van der Waals surface area contributed by atoms with Gasteiger partial charge in [-0.05, 0) is 41.5 Å². The average molecular weight is 446 g/mol. The Hall–Kier alpha value is -3.68. The summed E-state index contributed by atoms with van der Waals surface area (Å²) in [7, 11) is 3.19. The first-order valence-electron chi connectivity index (χ1n) is 10.8. The highest BCUT2D eigenvalue weighted by molar-refractivity contribution is 6.06. The number of methoxy groups -OCH3 is 2. The third kappa shape index (κ3) is 5.58. The van der Waals surface area contributed by atoms with E-state index in [0.717, 1.165) is 24.2 Å². The van der Waals surface area contributed by atoms with E-state index in [9.17, 15) is 9.59 Å². The normalized spacial score (nSPS) is 13.8. The van der Waals surface area contributed by atoms with Crippen molar-refractivity contribution in [3.8, 4) is 16.9 Å². The molecule has 3 aromatic carbocycles. The number of nitrogens with one attached hydrogen (secondary N) is 2. The zero-order chi connectivity index (χ0) is 23.2. The lowest BCUT2D eigenvalue weighted by atomic mass is 10.1. The Labute approximate surface area is 193 Å². The molecule has 1 heterocycles. The van der Waals surface area contributed by atoms with Crippen LogP contribution in [0, 0.1) is 0 Å². The third-order valence-electron chi connectivity index (χ3n) is 5.61. The van der Waals surface area contributed by atoms with Crippen molar-refractivity contribution in [3.05, 3.63) is 78.4 Å². The molecule has 0 spiro atoms. The van der Waals surface area contributed by atoms with Crippen molar-refractivity contribution in [2.24, 2.45) is 0 Å². The summed E-state index contributed by atoms with van der Waals surface area (Å²) in [6.07, 6.45) is 0.182. The number of carbonyl (C=O) groups is 2. The van der Waals surface area contributed by atoms with Crippen molar-refractivity contribution in [2.45, 2.75) is 6.10 Å². The molecular formula is C26H27N3O4. The van der Waals surface area contributed by atoms with Crippen molar-refractivity contribution in [2.75, 3.05) is 44.5 Å². The molecule has 1 aliphatic heterocycles. The van der Waals surface area contributed by atoms with Gasteiger partial charge in [-0.3, -0.25) is 14.5 Å². The monoisotopic (exact) mass is 445 g/mol. The highest BCUT2D eigenvalue weighted by Gasteiger charge is 2.28. The van der Waals surface area contributed by atoms with Crippen LogP contribution in [0.5, 0.6) is 5.75 Å². The molecule has 0 aromatic heterocycles. The number of hydrogen-bond acceptors (Lipinski definition) is 5. The van der Waals surface area contributed by atoms with Crippen molar-refractivity contribution in [1.82, 2.24) is 4.90 Å². The fourth-order valence-corrected chi connectivity index (χ4v) is 3.72. The maximum Gasteiger partial charge on any atom is 0.255 e. The van der Waals surface area contributed by atoms with Gasteiger partial charge in [0.25, 0.3) is 5.91 Å². The van der Waals surface area contributed by atoms with Crippen molar-refractivity contribution < 1.29 is 19.1 Å². The summed E-state index contributed by atoms with van der Waals surface area (Å²) >= 11 is 0. The molecule has 7 heteroatoms. The molecule has 1 fully saturated rings. The molecule has 1 saturated heterocycles. The Bertz CT molecular complexity index is 1110. The number of rotatable bonds is 8. The van der Waals surface area contributed by atoms with Crippen molar-refractivity contribution >= 4 is 23.2 Å². The average Bonchev–Trinajstić information content (AvgIpc) is 2.82. The molecule has 2 amide bonds. The minimum Gasteiger partial charge on any atom is -0.495 e. The first-order chi connectivity index (χ1) is 16.1. The van der Waals surface area contributed by atoms with E-state index < -0.39 is 0 Å². The zero-order valence-corrected chi connectivity index (χ0v) is 18.7. The summed E-state index contributed by atoms with van der Waals surface area (Å²) in [5.41, 5.74) is 3.75. The van der Waals surface area contributed by atoms with E-state index in [1.807, 2.05) is 59.5 Å². The maximum atomic E-state index is 12.8. The predicted octanol–water partition coefficient (Wildman–Crippen LogP) is 3.88. The lowest BCUT2D eigenvalue weighted by Crippen LogP contribution is -2.54. The van der Waals surface area contributed by atoms with Crippen molar-refractivity contribution in [1.29, 1.82) is 0 Å². The molecule has 0 aliphatic carbocycles. The van der Waals surface area contributed by atoms with Crippen molar-refractivity contribution in [3.63, 3.8) is 0 Å². The predicted molar refractivity (Wildman–Crippen MR) is 129 cm³/mol. The van der Waals surface area contributed by atoms with E-state index in [4.69, 9.17) is 9.47 Å². The van der Waals surface area contributed by atoms with Gasteiger partial charge in [0, 0.05) is 31.5 Å². The summed E-state index contributed by atoms with van der Waals surface area (Å²) in [4.78, 5) is 27.3. The Morgan fingerprint density at radius 1 is 0.909 bits per heavy atom. The molecule has 33 heavy (non-hydrogen) atoms. The molecule has 0 saturated carbocycles. The molecule has 4 rings (SSSR count). The van der Waals surface area contributed by atoms with Crippen LogP contribution in [-0.2, 0) is 9.53 Å². The van der Waals surface area contributed by atoms with E-state index in [-0.39, 0.29) is 24.5 Å². The van der Waals surface area contributed by atoms with Gasteiger partial charge in [-0.25, -0.2) is 0 Å². The number of anilines is 2. The fraction of sp³-hybridized carbons (Fsp3) is 0.231. The molecule has 7 nitrogen and oxygen atoms in total. The van der Waals surface area contributed by atoms with Gasteiger partial charge in [-0.2, -0.15) is 0 Å². The van der Waals surface area contributed by atoms with E-state index in [1.54, 1.807) is 25.3 Å². The largest absolute Gasteiger partial charge is 0.495 e. The smallest absolute Gasteiger partial charge is 0.255 e. The highest BCUT2D eigenvalue weighted by atomic mass is 16.5. The highest BCUT2D eigenvalue weighted by Crippen LogP contribution is 2.27. The number of likely N-dealkylation sites (tertiary alicyclic amines) is 1. The van der Waals surface area contributed by atoms with Crippen LogP contribution in [0.15, 0.2) is 72.8 Å². The van der Waals surface area contributed by atoms with Gasteiger partial charge in [-0.15, -0.1) is 0 Å². The van der Waals surface area contributed by atoms with Crippen LogP contribution >= 0.6 is 0 Å². The second-order valence-corrected chi connectivity index (χ2v) is 7.91. The Morgan fingerprint density at radius 2 is 1.61 bits per heavy atom. The second kappa shape index (κ2) is 10.3. The van der Waals surface area contributed by atoms with E-state index in [0.29, 0.717) is 22.7 Å². The van der Waals surface area contributed by atoms with E-state index in [1.165, 1.54) is 7.11 Å². The lowest BCUT2D eigenvalue weighted by molar-refractivity contribution is -0.120. The molecular weight excluding hydrogens is 418 g/mol. The summed E-state index contributed by atoms with van der Waals surface area (Å²) < 4.78 is 10.6. The van der Waals surface area contributed by atoms with Gasteiger partial charge in [-0.1, -0.05) is 42.5 Å². The quantitative estimate of drug-likeness (QED) is 0.550. The Kier molecular flexibility index (Phi) is 7.02. The number of nitrogens with zero attached hydrogens (tertiary/aromatic N) is 1. The SMILES string of the molecule is COc1ccc(C(=O)Nc2ccc(-c3ccccc3)cc2)cc1NC(=O)CN1CC(OC)C1. The van der Waals surface area contributed by atoms with Gasteiger partial charge in [0.1, 0.15) is 5.75 Å². The minimum absolute atomic E-state index is 0.170. The summed E-state index contributed by atoms with van der Waals surface area (Å²) in [6.45, 7) is 1.71. The standard InChI is InChI=1S/C26H27N3O4/c1-32-22-15-29(16-22)17-25(30)28-23-14-20(10-13-24(23)33-2)26(31)27-21-11-8-19(9-12-21)18-6-4-3-5-7-18/h3-14,22H,15-17H2,1-2H3,(H,27,31)(H,28,30). The summed E-state index contributed by atoms with van der Waals surface area (Å²) in [5.74, 6) is 0.0497. The number of carbonyl (C=O) groups excluding carboxylic acids is 2.